The summed E-state index contributed by atoms with van der Waals surface area (Å²) in [4.78, 5) is 40.6. The Morgan fingerprint density at radius 1 is 1.05 bits per heavy atom. The van der Waals surface area contributed by atoms with E-state index in [9.17, 15) is 31.5 Å². The maximum atomic E-state index is 14.0. The van der Waals surface area contributed by atoms with Crippen molar-refractivity contribution in [2.24, 2.45) is 0 Å². The maximum absolute atomic E-state index is 14.0. The average molecular weight is 614 g/mol. The summed E-state index contributed by atoms with van der Waals surface area (Å²) in [7, 11) is 0. The normalized spacial score (nSPS) is 14.3. The smallest absolute Gasteiger partial charge is 0.475 e. The van der Waals surface area contributed by atoms with Crippen LogP contribution in [0.25, 0.3) is 0 Å². The van der Waals surface area contributed by atoms with Gasteiger partial charge in [0.1, 0.15) is 22.3 Å². The number of nitrogens with zero attached hydrogens (tertiary/aromatic N) is 2. The molecular formula is C27H28F5N5O4S. The molecule has 2 aromatic carbocycles. The van der Waals surface area contributed by atoms with Crippen LogP contribution >= 0.6 is 11.3 Å². The minimum absolute atomic E-state index is 0.0342. The van der Waals surface area contributed by atoms with E-state index >= 15 is 0 Å². The highest BCUT2D eigenvalue weighted by Gasteiger charge is 2.38. The van der Waals surface area contributed by atoms with Gasteiger partial charge < -0.3 is 26.4 Å². The molecule has 1 amide bonds. The number of aliphatic carboxylic acids is 1. The van der Waals surface area contributed by atoms with Gasteiger partial charge in [0.25, 0.3) is 5.91 Å². The number of benzene rings is 2. The molecule has 1 fully saturated rings. The Morgan fingerprint density at radius 2 is 1.62 bits per heavy atom. The summed E-state index contributed by atoms with van der Waals surface area (Å²) < 4.78 is 59.7. The quantitative estimate of drug-likeness (QED) is 0.201. The third-order valence-corrected chi connectivity index (χ3v) is 7.03. The molecule has 1 aliphatic rings. The number of rotatable bonds is 8. The molecule has 2 heterocycles. The van der Waals surface area contributed by atoms with Crippen LogP contribution in [-0.2, 0) is 4.79 Å². The number of ketones is 1. The van der Waals surface area contributed by atoms with E-state index in [1.54, 1.807) is 24.3 Å². The molecule has 5 N–H and O–H groups in total. The predicted molar refractivity (Wildman–Crippen MR) is 147 cm³/mol. The van der Waals surface area contributed by atoms with Crippen molar-refractivity contribution < 1.29 is 41.4 Å². The maximum Gasteiger partial charge on any atom is 0.490 e. The summed E-state index contributed by atoms with van der Waals surface area (Å²) in [5, 5.41) is 13.5. The highest BCUT2D eigenvalue weighted by molar-refractivity contribution is 7.18. The topological polar surface area (TPSA) is 138 Å². The molecule has 0 radical (unpaired) electrons. The minimum atomic E-state index is -5.08. The van der Waals surface area contributed by atoms with Crippen LogP contribution in [0.5, 0.6) is 0 Å². The number of nitrogens with two attached hydrogens (primary N) is 1. The molecule has 0 bridgehead atoms. The summed E-state index contributed by atoms with van der Waals surface area (Å²) in [5.74, 6) is -5.82. The van der Waals surface area contributed by atoms with Crippen molar-refractivity contribution in [1.29, 1.82) is 0 Å². The molecule has 0 saturated carbocycles. The van der Waals surface area contributed by atoms with Gasteiger partial charge in [0.05, 0.1) is 5.56 Å². The summed E-state index contributed by atoms with van der Waals surface area (Å²) in [6.07, 6.45) is -1.40. The number of carbonyl (C=O) groups is 3. The molecule has 0 aliphatic carbocycles. The number of alkyl halides is 3. The lowest BCUT2D eigenvalue weighted by atomic mass is 10.1. The summed E-state index contributed by atoms with van der Waals surface area (Å²) in [5.41, 5.74) is 6.32. The van der Waals surface area contributed by atoms with Crippen molar-refractivity contribution in [2.45, 2.75) is 38.4 Å². The van der Waals surface area contributed by atoms with Gasteiger partial charge in [-0.1, -0.05) is 23.8 Å². The SMILES string of the molecule is CC(CN1CCCCC1)NC(=O)c1ccc(Nc2nc(N)c(C(=O)c3c(F)cccc3F)s2)cc1.O=C(O)C(F)(F)F. The number of hydrogen-bond acceptors (Lipinski definition) is 8. The zero-order chi connectivity index (χ0) is 31.0. The van der Waals surface area contributed by atoms with Gasteiger partial charge in [-0.25, -0.2) is 18.6 Å². The molecule has 9 nitrogen and oxygen atoms in total. The molecule has 4 rings (SSSR count). The summed E-state index contributed by atoms with van der Waals surface area (Å²) in [6, 6.07) is 10.0. The van der Waals surface area contributed by atoms with Gasteiger partial charge in [-0.15, -0.1) is 0 Å². The molecule has 0 spiro atoms. The number of amides is 1. The van der Waals surface area contributed by atoms with Crippen molar-refractivity contribution in [2.75, 3.05) is 30.7 Å². The lowest BCUT2D eigenvalue weighted by Gasteiger charge is -2.29. The number of carboxylic acids is 1. The van der Waals surface area contributed by atoms with Crippen molar-refractivity contribution in [3.05, 3.63) is 70.1 Å². The van der Waals surface area contributed by atoms with Crippen LogP contribution < -0.4 is 16.4 Å². The molecule has 226 valence electrons. The average Bonchev–Trinajstić information content (AvgIpc) is 3.28. The van der Waals surface area contributed by atoms with Gasteiger partial charge in [-0.05, 0) is 69.3 Å². The Kier molecular flexibility index (Phi) is 10.9. The highest BCUT2D eigenvalue weighted by atomic mass is 32.1. The lowest BCUT2D eigenvalue weighted by molar-refractivity contribution is -0.192. The van der Waals surface area contributed by atoms with E-state index in [0.717, 1.165) is 43.1 Å². The number of carboxylic acid groups (broad SMARTS) is 1. The summed E-state index contributed by atoms with van der Waals surface area (Å²) in [6.45, 7) is 4.98. The van der Waals surface area contributed by atoms with Crippen LogP contribution in [0, 0.1) is 11.6 Å². The van der Waals surface area contributed by atoms with E-state index in [2.05, 4.69) is 20.5 Å². The van der Waals surface area contributed by atoms with E-state index in [0.29, 0.717) is 11.3 Å². The Balaban J connectivity index is 0.000000616. The van der Waals surface area contributed by atoms with Crippen LogP contribution in [-0.4, -0.2) is 64.5 Å². The molecule has 1 saturated heterocycles. The number of anilines is 3. The number of carbonyl (C=O) groups excluding carboxylic acids is 2. The zero-order valence-corrected chi connectivity index (χ0v) is 23.1. The third-order valence-electron chi connectivity index (χ3n) is 6.05. The number of nitrogens with one attached hydrogen (secondary N) is 2. The number of piperidine rings is 1. The molecule has 1 aliphatic heterocycles. The summed E-state index contributed by atoms with van der Waals surface area (Å²) >= 11 is 0.896. The van der Waals surface area contributed by atoms with E-state index in [4.69, 9.17) is 15.6 Å². The largest absolute Gasteiger partial charge is 0.490 e. The fourth-order valence-electron chi connectivity index (χ4n) is 4.09. The second kappa shape index (κ2) is 14.2. The number of nitrogen functional groups attached to an aromatic ring is 1. The standard InChI is InChI=1S/C25H27F2N5O2S.C2HF3O2/c1-15(14-32-12-3-2-4-13-32)29-24(34)16-8-10-17(11-9-16)30-25-31-23(28)22(35-25)21(33)20-18(26)6-5-7-19(20)27;3-2(4,5)1(6)7/h5-11,15H,2-4,12-14,28H2,1H3,(H,29,34)(H,30,31);(H,6,7). The van der Waals surface area contributed by atoms with Crippen LogP contribution in [0.2, 0.25) is 0 Å². The molecule has 15 heteroatoms. The van der Waals surface area contributed by atoms with Crippen molar-refractivity contribution in [3.8, 4) is 0 Å². The van der Waals surface area contributed by atoms with Crippen LogP contribution in [0.15, 0.2) is 42.5 Å². The highest BCUT2D eigenvalue weighted by Crippen LogP contribution is 2.31. The molecule has 3 aromatic rings. The van der Waals surface area contributed by atoms with Crippen LogP contribution in [0.4, 0.5) is 38.6 Å². The van der Waals surface area contributed by atoms with E-state index in [1.165, 1.54) is 25.3 Å². The first-order chi connectivity index (χ1) is 19.8. The second-order valence-corrected chi connectivity index (χ2v) is 10.4. The first-order valence-corrected chi connectivity index (χ1v) is 13.5. The first-order valence-electron chi connectivity index (χ1n) is 12.7. The van der Waals surface area contributed by atoms with Gasteiger partial charge in [0.2, 0.25) is 5.78 Å². The Morgan fingerprint density at radius 3 is 2.17 bits per heavy atom. The lowest BCUT2D eigenvalue weighted by Crippen LogP contribution is -2.43. The number of hydrogen-bond donors (Lipinski definition) is 4. The van der Waals surface area contributed by atoms with Crippen LogP contribution in [0.3, 0.4) is 0 Å². The number of halogens is 5. The van der Waals surface area contributed by atoms with Gasteiger partial charge in [0, 0.05) is 23.8 Å². The van der Waals surface area contributed by atoms with E-state index in [1.807, 2.05) is 6.92 Å². The van der Waals surface area contributed by atoms with Crippen molar-refractivity contribution >= 4 is 45.6 Å². The van der Waals surface area contributed by atoms with E-state index < -0.39 is 35.1 Å². The fourth-order valence-corrected chi connectivity index (χ4v) is 4.94. The van der Waals surface area contributed by atoms with Gasteiger partial charge in [0.15, 0.2) is 5.13 Å². The van der Waals surface area contributed by atoms with E-state index in [-0.39, 0.29) is 27.8 Å². The number of thiazole rings is 1. The van der Waals surface area contributed by atoms with Gasteiger partial charge in [-0.3, -0.25) is 9.59 Å². The van der Waals surface area contributed by atoms with Crippen molar-refractivity contribution in [3.63, 3.8) is 0 Å². The minimum Gasteiger partial charge on any atom is -0.475 e. The Labute approximate surface area is 241 Å². The molecule has 42 heavy (non-hydrogen) atoms. The molecular weight excluding hydrogens is 585 g/mol. The van der Waals surface area contributed by atoms with Gasteiger partial charge in [-0.2, -0.15) is 13.2 Å². The molecule has 1 aromatic heterocycles. The van der Waals surface area contributed by atoms with Gasteiger partial charge >= 0.3 is 12.1 Å². The monoisotopic (exact) mass is 613 g/mol. The first kappa shape index (κ1) is 32.4. The Hall–Kier alpha value is -4.11. The zero-order valence-electron chi connectivity index (χ0n) is 22.3. The third kappa shape index (κ3) is 8.94. The van der Waals surface area contributed by atoms with Crippen LogP contribution in [0.1, 0.15) is 51.8 Å². The second-order valence-electron chi connectivity index (χ2n) is 9.40. The number of likely N-dealkylation sites (tertiary alicyclic amines) is 1. The number of aromatic nitrogens is 1. The fraction of sp³-hybridized carbons (Fsp3) is 0.333. The molecule has 1 unspecified atom stereocenters. The Bertz CT molecular complexity index is 1390. The van der Waals surface area contributed by atoms with Crippen molar-refractivity contribution in [1.82, 2.24) is 15.2 Å². The molecule has 1 atom stereocenters. The predicted octanol–water partition coefficient (Wildman–Crippen LogP) is 5.22.